The molecular weight excluding hydrogens is 285 g/mol. The summed E-state index contributed by atoms with van der Waals surface area (Å²) >= 11 is 12.2. The number of hydrogen-bond donors (Lipinski definition) is 1. The quantitative estimate of drug-likeness (QED) is 0.739. The lowest BCUT2D eigenvalue weighted by atomic mass is 10.2. The fourth-order valence-electron chi connectivity index (χ4n) is 1.68. The second kappa shape index (κ2) is 8.64. The third-order valence-electron chi connectivity index (χ3n) is 2.46. The van der Waals surface area contributed by atoms with Crippen molar-refractivity contribution in [3.05, 3.63) is 27.7 Å². The summed E-state index contributed by atoms with van der Waals surface area (Å²) in [4.78, 5) is 0. The van der Waals surface area contributed by atoms with Gasteiger partial charge in [-0.25, -0.2) is 0 Å². The van der Waals surface area contributed by atoms with E-state index in [1.54, 1.807) is 13.2 Å². The molecule has 0 amide bonds. The van der Waals surface area contributed by atoms with Crippen molar-refractivity contribution >= 4 is 23.2 Å². The topological polar surface area (TPSA) is 30.5 Å². The zero-order valence-electron chi connectivity index (χ0n) is 11.6. The first kappa shape index (κ1) is 16.6. The molecule has 5 heteroatoms. The standard InChI is InChI=1S/C14H21Cl2NO2/c1-10(2)19-14-11(7-12(15)8-13(14)16)9-17-5-4-6-18-3/h7-8,10,17H,4-6,9H2,1-3H3. The molecule has 0 saturated heterocycles. The molecule has 0 aliphatic rings. The van der Waals surface area contributed by atoms with Crippen LogP contribution in [0.15, 0.2) is 12.1 Å². The number of ether oxygens (including phenoxy) is 2. The Morgan fingerprint density at radius 3 is 2.63 bits per heavy atom. The molecule has 0 bridgehead atoms. The van der Waals surface area contributed by atoms with E-state index < -0.39 is 0 Å². The lowest BCUT2D eigenvalue weighted by molar-refractivity contribution is 0.194. The van der Waals surface area contributed by atoms with E-state index in [-0.39, 0.29) is 6.10 Å². The van der Waals surface area contributed by atoms with E-state index in [1.165, 1.54) is 0 Å². The van der Waals surface area contributed by atoms with Crippen LogP contribution in [0.4, 0.5) is 0 Å². The van der Waals surface area contributed by atoms with Gasteiger partial charge in [-0.2, -0.15) is 0 Å². The fraction of sp³-hybridized carbons (Fsp3) is 0.571. The maximum atomic E-state index is 6.18. The van der Waals surface area contributed by atoms with Gasteiger partial charge >= 0.3 is 0 Å². The lowest BCUT2D eigenvalue weighted by Crippen LogP contribution is -2.17. The summed E-state index contributed by atoms with van der Waals surface area (Å²) in [6.45, 7) is 6.24. The molecule has 0 radical (unpaired) electrons. The van der Waals surface area contributed by atoms with Gasteiger partial charge in [0.25, 0.3) is 0 Å². The van der Waals surface area contributed by atoms with Gasteiger partial charge in [0.1, 0.15) is 5.75 Å². The predicted octanol–water partition coefficient (Wildman–Crippen LogP) is 3.91. The van der Waals surface area contributed by atoms with Crippen LogP contribution in [-0.4, -0.2) is 26.4 Å². The number of hydrogen-bond acceptors (Lipinski definition) is 3. The molecule has 1 rings (SSSR count). The van der Waals surface area contributed by atoms with E-state index in [2.05, 4.69) is 5.32 Å². The highest BCUT2D eigenvalue weighted by molar-refractivity contribution is 6.35. The molecule has 1 N–H and O–H groups in total. The average molecular weight is 306 g/mol. The molecule has 0 fully saturated rings. The minimum atomic E-state index is 0.0749. The summed E-state index contributed by atoms with van der Waals surface area (Å²) in [5, 5.41) is 4.50. The average Bonchev–Trinajstić information content (AvgIpc) is 2.32. The minimum Gasteiger partial charge on any atom is -0.489 e. The Kier molecular flexibility index (Phi) is 7.54. The van der Waals surface area contributed by atoms with Gasteiger partial charge < -0.3 is 14.8 Å². The molecule has 0 heterocycles. The molecule has 0 atom stereocenters. The maximum Gasteiger partial charge on any atom is 0.142 e. The van der Waals surface area contributed by atoms with E-state index in [4.69, 9.17) is 32.7 Å². The summed E-state index contributed by atoms with van der Waals surface area (Å²) in [6, 6.07) is 3.59. The van der Waals surface area contributed by atoms with Gasteiger partial charge in [0.2, 0.25) is 0 Å². The van der Waals surface area contributed by atoms with Crippen molar-refractivity contribution in [2.75, 3.05) is 20.3 Å². The van der Waals surface area contributed by atoms with Crippen molar-refractivity contribution in [1.82, 2.24) is 5.32 Å². The van der Waals surface area contributed by atoms with E-state index in [0.29, 0.717) is 22.3 Å². The van der Waals surface area contributed by atoms with E-state index in [9.17, 15) is 0 Å². The predicted molar refractivity (Wildman–Crippen MR) is 80.4 cm³/mol. The maximum absolute atomic E-state index is 6.18. The van der Waals surface area contributed by atoms with Gasteiger partial charge in [-0.15, -0.1) is 0 Å². The van der Waals surface area contributed by atoms with Gasteiger partial charge in [-0.1, -0.05) is 23.2 Å². The number of methoxy groups -OCH3 is 1. The van der Waals surface area contributed by atoms with Crippen molar-refractivity contribution < 1.29 is 9.47 Å². The second-order valence-electron chi connectivity index (χ2n) is 4.57. The Morgan fingerprint density at radius 1 is 1.26 bits per heavy atom. The summed E-state index contributed by atoms with van der Waals surface area (Å²) in [5.74, 6) is 0.709. The first-order chi connectivity index (χ1) is 9.04. The van der Waals surface area contributed by atoms with E-state index >= 15 is 0 Å². The van der Waals surface area contributed by atoms with E-state index in [1.807, 2.05) is 19.9 Å². The number of halogens is 2. The minimum absolute atomic E-state index is 0.0749. The highest BCUT2D eigenvalue weighted by Crippen LogP contribution is 2.33. The Balaban J connectivity index is 2.68. The van der Waals surface area contributed by atoms with Gasteiger partial charge in [0.15, 0.2) is 0 Å². The summed E-state index contributed by atoms with van der Waals surface area (Å²) in [7, 11) is 1.70. The SMILES string of the molecule is COCCCNCc1cc(Cl)cc(Cl)c1OC(C)C. The monoisotopic (exact) mass is 305 g/mol. The van der Waals surface area contributed by atoms with Gasteiger partial charge in [0.05, 0.1) is 11.1 Å². The zero-order valence-corrected chi connectivity index (χ0v) is 13.1. The van der Waals surface area contributed by atoms with E-state index in [0.717, 1.165) is 25.1 Å². The van der Waals surface area contributed by atoms with Crippen molar-refractivity contribution in [3.8, 4) is 5.75 Å². The molecule has 0 aliphatic heterocycles. The molecule has 0 unspecified atom stereocenters. The molecule has 108 valence electrons. The third kappa shape index (κ3) is 6.00. The molecule has 19 heavy (non-hydrogen) atoms. The first-order valence-corrected chi connectivity index (χ1v) is 7.14. The van der Waals surface area contributed by atoms with Crippen molar-refractivity contribution in [3.63, 3.8) is 0 Å². The smallest absolute Gasteiger partial charge is 0.142 e. The molecule has 0 aliphatic carbocycles. The molecule has 1 aromatic rings. The number of nitrogens with one attached hydrogen (secondary N) is 1. The molecule has 3 nitrogen and oxygen atoms in total. The van der Waals surface area contributed by atoms with Crippen LogP contribution < -0.4 is 10.1 Å². The third-order valence-corrected chi connectivity index (χ3v) is 2.96. The van der Waals surface area contributed by atoms with Crippen LogP contribution in [0.25, 0.3) is 0 Å². The molecule has 0 aromatic heterocycles. The van der Waals surface area contributed by atoms with Crippen LogP contribution in [0.2, 0.25) is 10.0 Å². The van der Waals surface area contributed by atoms with Crippen LogP contribution in [0.3, 0.4) is 0 Å². The van der Waals surface area contributed by atoms with Crippen LogP contribution in [0.1, 0.15) is 25.8 Å². The lowest BCUT2D eigenvalue weighted by Gasteiger charge is -2.16. The first-order valence-electron chi connectivity index (χ1n) is 6.38. The van der Waals surface area contributed by atoms with Crippen LogP contribution in [0, 0.1) is 0 Å². The van der Waals surface area contributed by atoms with Crippen molar-refractivity contribution in [1.29, 1.82) is 0 Å². The fourth-order valence-corrected chi connectivity index (χ4v) is 2.26. The van der Waals surface area contributed by atoms with Crippen LogP contribution >= 0.6 is 23.2 Å². The molecular formula is C14H21Cl2NO2. The molecule has 0 spiro atoms. The normalized spacial score (nSPS) is 11.1. The van der Waals surface area contributed by atoms with Gasteiger partial charge in [-0.3, -0.25) is 0 Å². The summed E-state index contributed by atoms with van der Waals surface area (Å²) in [5.41, 5.74) is 0.976. The van der Waals surface area contributed by atoms with Crippen LogP contribution in [0.5, 0.6) is 5.75 Å². The molecule has 1 aromatic carbocycles. The zero-order chi connectivity index (χ0) is 14.3. The Hall–Kier alpha value is -0.480. The van der Waals surface area contributed by atoms with Gasteiger partial charge in [-0.05, 0) is 38.9 Å². The Bertz CT molecular complexity index is 397. The second-order valence-corrected chi connectivity index (χ2v) is 5.41. The van der Waals surface area contributed by atoms with Crippen molar-refractivity contribution in [2.24, 2.45) is 0 Å². The Morgan fingerprint density at radius 2 is 2.00 bits per heavy atom. The highest BCUT2D eigenvalue weighted by Gasteiger charge is 2.12. The largest absolute Gasteiger partial charge is 0.489 e. The molecule has 0 saturated carbocycles. The van der Waals surface area contributed by atoms with Gasteiger partial charge in [0, 0.05) is 30.8 Å². The summed E-state index contributed by atoms with van der Waals surface area (Å²) < 4.78 is 10.8. The number of rotatable bonds is 8. The highest BCUT2D eigenvalue weighted by atomic mass is 35.5. The van der Waals surface area contributed by atoms with Crippen LogP contribution in [-0.2, 0) is 11.3 Å². The number of benzene rings is 1. The van der Waals surface area contributed by atoms with Crippen molar-refractivity contribution in [2.45, 2.75) is 32.9 Å². The Labute approximate surface area is 125 Å². The summed E-state index contributed by atoms with van der Waals surface area (Å²) in [6.07, 6.45) is 1.04.